The van der Waals surface area contributed by atoms with Gasteiger partial charge in [-0.25, -0.2) is 5.43 Å². The molecule has 0 radical (unpaired) electrons. The largest absolute Gasteiger partial charge is 0.467 e. The molecule has 0 spiro atoms. The van der Waals surface area contributed by atoms with Crippen molar-refractivity contribution in [2.45, 2.75) is 51.5 Å². The predicted molar refractivity (Wildman–Crippen MR) is 64.7 cm³/mol. The summed E-state index contributed by atoms with van der Waals surface area (Å²) in [4.78, 5) is 0. The number of hydrazine groups is 1. The van der Waals surface area contributed by atoms with Crippen molar-refractivity contribution in [3.8, 4) is 0 Å². The fraction of sp³-hybridized carbons (Fsp3) is 0.692. The number of hydrogen-bond donors (Lipinski definition) is 2. The molecule has 90 valence electrons. The summed E-state index contributed by atoms with van der Waals surface area (Å²) in [6.45, 7) is 2.08. The van der Waals surface area contributed by atoms with E-state index in [0.717, 1.165) is 5.76 Å². The highest BCUT2D eigenvalue weighted by atomic mass is 16.3. The van der Waals surface area contributed by atoms with Gasteiger partial charge in [-0.2, -0.15) is 0 Å². The van der Waals surface area contributed by atoms with Gasteiger partial charge in [-0.3, -0.25) is 5.84 Å². The van der Waals surface area contributed by atoms with Crippen molar-refractivity contribution < 1.29 is 4.42 Å². The van der Waals surface area contributed by atoms with Gasteiger partial charge in [0.1, 0.15) is 5.76 Å². The molecule has 1 aliphatic carbocycles. The van der Waals surface area contributed by atoms with Crippen LogP contribution in [0.25, 0.3) is 0 Å². The molecule has 0 amide bonds. The Morgan fingerprint density at radius 2 is 2.00 bits per heavy atom. The Hall–Kier alpha value is -0.800. The highest BCUT2D eigenvalue weighted by Gasteiger charge is 2.26. The normalized spacial score (nSPS) is 20.6. The van der Waals surface area contributed by atoms with E-state index in [-0.39, 0.29) is 6.04 Å². The Labute approximate surface area is 97.4 Å². The van der Waals surface area contributed by atoms with Crippen LogP contribution in [0.1, 0.15) is 55.9 Å². The summed E-state index contributed by atoms with van der Waals surface area (Å²) in [5.41, 5.74) is 4.15. The molecule has 2 rings (SSSR count). The van der Waals surface area contributed by atoms with Crippen LogP contribution in [0, 0.1) is 12.8 Å². The van der Waals surface area contributed by atoms with Gasteiger partial charge in [0, 0.05) is 0 Å². The van der Waals surface area contributed by atoms with Gasteiger partial charge in [0.2, 0.25) is 0 Å². The maximum Gasteiger partial charge on any atom is 0.125 e. The van der Waals surface area contributed by atoms with E-state index in [2.05, 4.69) is 12.3 Å². The van der Waals surface area contributed by atoms with E-state index in [0.29, 0.717) is 5.92 Å². The highest BCUT2D eigenvalue weighted by Crippen LogP contribution is 2.34. The van der Waals surface area contributed by atoms with Crippen molar-refractivity contribution >= 4 is 0 Å². The van der Waals surface area contributed by atoms with E-state index < -0.39 is 0 Å². The lowest BCUT2D eigenvalue weighted by Crippen LogP contribution is -2.33. The van der Waals surface area contributed by atoms with Crippen LogP contribution in [-0.4, -0.2) is 0 Å². The average molecular weight is 222 g/mol. The number of aryl methyl sites for hydroxylation is 1. The zero-order chi connectivity index (χ0) is 11.4. The Bertz CT molecular complexity index is 313. The molecular weight excluding hydrogens is 200 g/mol. The van der Waals surface area contributed by atoms with Crippen molar-refractivity contribution in [1.82, 2.24) is 5.43 Å². The molecule has 1 aliphatic rings. The van der Waals surface area contributed by atoms with Crippen molar-refractivity contribution in [2.75, 3.05) is 0 Å². The second kappa shape index (κ2) is 5.51. The van der Waals surface area contributed by atoms with Gasteiger partial charge in [-0.05, 0) is 37.3 Å². The SMILES string of the molecule is Cc1ccoc1C(NN)C1CCCCCC1. The molecule has 1 fully saturated rings. The minimum atomic E-state index is 0.188. The zero-order valence-corrected chi connectivity index (χ0v) is 10.0. The van der Waals surface area contributed by atoms with E-state index in [4.69, 9.17) is 10.3 Å². The molecular formula is C13H22N2O. The first-order valence-electron chi connectivity index (χ1n) is 6.33. The Morgan fingerprint density at radius 3 is 2.50 bits per heavy atom. The molecule has 0 saturated heterocycles. The molecule has 1 aromatic rings. The molecule has 3 nitrogen and oxygen atoms in total. The standard InChI is InChI=1S/C13H22N2O/c1-10-8-9-16-13(10)12(15-14)11-6-4-2-3-5-7-11/h8-9,11-12,15H,2-7,14H2,1H3. The molecule has 1 saturated carbocycles. The summed E-state index contributed by atoms with van der Waals surface area (Å²) in [6, 6.07) is 2.20. The van der Waals surface area contributed by atoms with Gasteiger partial charge in [-0.1, -0.05) is 25.7 Å². The third-order valence-electron chi connectivity index (χ3n) is 3.73. The van der Waals surface area contributed by atoms with Gasteiger partial charge in [-0.15, -0.1) is 0 Å². The molecule has 0 aliphatic heterocycles. The maximum absolute atomic E-state index is 5.70. The molecule has 0 aromatic carbocycles. The summed E-state index contributed by atoms with van der Waals surface area (Å²) in [6.07, 6.45) is 9.65. The molecule has 16 heavy (non-hydrogen) atoms. The lowest BCUT2D eigenvalue weighted by atomic mass is 9.89. The zero-order valence-electron chi connectivity index (χ0n) is 10.0. The third-order valence-corrected chi connectivity index (χ3v) is 3.73. The minimum absolute atomic E-state index is 0.188. The number of hydrogen-bond acceptors (Lipinski definition) is 3. The van der Waals surface area contributed by atoms with Gasteiger partial charge in [0.25, 0.3) is 0 Å². The minimum Gasteiger partial charge on any atom is -0.467 e. The van der Waals surface area contributed by atoms with Crippen molar-refractivity contribution in [2.24, 2.45) is 11.8 Å². The number of rotatable bonds is 3. The number of nitrogens with one attached hydrogen (secondary N) is 1. The van der Waals surface area contributed by atoms with Crippen LogP contribution in [0.4, 0.5) is 0 Å². The number of nitrogens with two attached hydrogens (primary N) is 1. The first kappa shape index (κ1) is 11.7. The van der Waals surface area contributed by atoms with Crippen LogP contribution in [0.2, 0.25) is 0 Å². The van der Waals surface area contributed by atoms with Gasteiger partial charge in [0.05, 0.1) is 12.3 Å². The van der Waals surface area contributed by atoms with Gasteiger partial charge < -0.3 is 4.42 Å². The van der Waals surface area contributed by atoms with E-state index in [9.17, 15) is 0 Å². The van der Waals surface area contributed by atoms with Crippen LogP contribution in [0.15, 0.2) is 16.7 Å². The van der Waals surface area contributed by atoms with Crippen LogP contribution < -0.4 is 11.3 Å². The molecule has 3 N–H and O–H groups in total. The number of furan rings is 1. The van der Waals surface area contributed by atoms with Crippen molar-refractivity contribution in [3.05, 3.63) is 23.7 Å². The Kier molecular flexibility index (Phi) is 4.02. The van der Waals surface area contributed by atoms with Crippen molar-refractivity contribution in [3.63, 3.8) is 0 Å². The quantitative estimate of drug-likeness (QED) is 0.469. The van der Waals surface area contributed by atoms with E-state index >= 15 is 0 Å². The molecule has 1 aromatic heterocycles. The third kappa shape index (κ3) is 2.47. The molecule has 1 unspecified atom stereocenters. The van der Waals surface area contributed by atoms with Crippen LogP contribution >= 0.6 is 0 Å². The van der Waals surface area contributed by atoms with Crippen LogP contribution in [0.3, 0.4) is 0 Å². The Balaban J connectivity index is 2.12. The summed E-state index contributed by atoms with van der Waals surface area (Å²) >= 11 is 0. The Morgan fingerprint density at radius 1 is 1.31 bits per heavy atom. The highest BCUT2D eigenvalue weighted by molar-refractivity contribution is 5.18. The van der Waals surface area contributed by atoms with Crippen molar-refractivity contribution in [1.29, 1.82) is 0 Å². The van der Waals surface area contributed by atoms with E-state index in [1.54, 1.807) is 6.26 Å². The average Bonchev–Trinajstić information content (AvgIpc) is 2.57. The van der Waals surface area contributed by atoms with E-state index in [1.807, 2.05) is 6.07 Å². The maximum atomic E-state index is 5.70. The summed E-state index contributed by atoms with van der Waals surface area (Å²) in [5.74, 6) is 7.35. The summed E-state index contributed by atoms with van der Waals surface area (Å²) in [5, 5.41) is 0. The molecule has 0 bridgehead atoms. The smallest absolute Gasteiger partial charge is 0.125 e. The second-order valence-electron chi connectivity index (χ2n) is 4.86. The summed E-state index contributed by atoms with van der Waals surface area (Å²) in [7, 11) is 0. The molecule has 1 atom stereocenters. The van der Waals surface area contributed by atoms with Gasteiger partial charge in [0.15, 0.2) is 0 Å². The van der Waals surface area contributed by atoms with E-state index in [1.165, 1.54) is 44.1 Å². The monoisotopic (exact) mass is 222 g/mol. The topological polar surface area (TPSA) is 51.2 Å². The lowest BCUT2D eigenvalue weighted by Gasteiger charge is -2.24. The van der Waals surface area contributed by atoms with Crippen LogP contribution in [0.5, 0.6) is 0 Å². The summed E-state index contributed by atoms with van der Waals surface area (Å²) < 4.78 is 5.57. The second-order valence-corrected chi connectivity index (χ2v) is 4.86. The first-order chi connectivity index (χ1) is 7.83. The molecule has 1 heterocycles. The van der Waals surface area contributed by atoms with Crippen LogP contribution in [-0.2, 0) is 0 Å². The fourth-order valence-electron chi connectivity index (χ4n) is 2.77. The first-order valence-corrected chi connectivity index (χ1v) is 6.33. The fourth-order valence-corrected chi connectivity index (χ4v) is 2.77. The molecule has 3 heteroatoms. The predicted octanol–water partition coefficient (Wildman–Crippen LogP) is 3.06. The lowest BCUT2D eigenvalue weighted by molar-refractivity contribution is 0.284. The van der Waals surface area contributed by atoms with Gasteiger partial charge >= 0.3 is 0 Å².